The molecule has 1 fully saturated rings. The molecule has 0 bridgehead atoms. The molecular weight excluding hydrogens is 525 g/mol. The SMILES string of the molecule is CCOC(=O)CN(c1ccc(Br)cc1F)S(=O)(=O)c1ccc(CC2SC(=N)NC2=O)cc1. The Kier molecular flexibility index (Phi) is 7.57. The van der Waals surface area contributed by atoms with Crippen molar-refractivity contribution in [2.45, 2.75) is 23.5 Å². The van der Waals surface area contributed by atoms with Crippen LogP contribution in [0.15, 0.2) is 51.8 Å². The van der Waals surface area contributed by atoms with Crippen LogP contribution in [-0.4, -0.2) is 43.9 Å². The van der Waals surface area contributed by atoms with Crippen molar-refractivity contribution < 1.29 is 27.1 Å². The molecule has 8 nitrogen and oxygen atoms in total. The van der Waals surface area contributed by atoms with Crippen LogP contribution in [0.1, 0.15) is 12.5 Å². The van der Waals surface area contributed by atoms with Gasteiger partial charge in [-0.05, 0) is 49.2 Å². The molecule has 1 amide bonds. The van der Waals surface area contributed by atoms with Gasteiger partial charge in [0.1, 0.15) is 12.4 Å². The van der Waals surface area contributed by atoms with Crippen LogP contribution < -0.4 is 9.62 Å². The number of amidine groups is 1. The molecule has 2 N–H and O–H groups in total. The first-order valence-electron chi connectivity index (χ1n) is 9.40. The van der Waals surface area contributed by atoms with E-state index < -0.39 is 33.6 Å². The van der Waals surface area contributed by atoms with Crippen molar-refractivity contribution in [1.82, 2.24) is 5.32 Å². The van der Waals surface area contributed by atoms with E-state index in [1.54, 1.807) is 19.1 Å². The highest BCUT2D eigenvalue weighted by Crippen LogP contribution is 2.29. The summed E-state index contributed by atoms with van der Waals surface area (Å²) in [5, 5.41) is 9.53. The van der Waals surface area contributed by atoms with Crippen molar-refractivity contribution in [3.05, 3.63) is 58.3 Å². The maximum absolute atomic E-state index is 14.6. The molecule has 2 aromatic rings. The van der Waals surface area contributed by atoms with E-state index in [0.29, 0.717) is 20.8 Å². The standard InChI is InChI=1S/C20H19BrFN3O5S2/c1-2-30-18(26)11-25(16-8-5-13(21)10-15(16)22)32(28,29)14-6-3-12(4-7-14)9-17-19(27)24-20(23)31-17/h3-8,10,17H,2,9,11H2,1H3,(H2,23,24,27). The lowest BCUT2D eigenvalue weighted by Gasteiger charge is -2.24. The number of benzene rings is 2. The zero-order valence-electron chi connectivity index (χ0n) is 16.8. The summed E-state index contributed by atoms with van der Waals surface area (Å²) in [5.41, 5.74) is 0.404. The summed E-state index contributed by atoms with van der Waals surface area (Å²) < 4.78 is 47.2. The molecule has 1 atom stereocenters. The van der Waals surface area contributed by atoms with Crippen molar-refractivity contribution in [1.29, 1.82) is 5.41 Å². The summed E-state index contributed by atoms with van der Waals surface area (Å²) in [4.78, 5) is 23.7. The molecular formula is C20H19BrFN3O5S2. The second kappa shape index (κ2) is 10.0. The van der Waals surface area contributed by atoms with Crippen molar-refractivity contribution in [2.75, 3.05) is 17.5 Å². The number of sulfonamides is 1. The molecule has 0 radical (unpaired) electrons. The first-order valence-corrected chi connectivity index (χ1v) is 12.5. The topological polar surface area (TPSA) is 117 Å². The minimum atomic E-state index is -4.31. The highest BCUT2D eigenvalue weighted by atomic mass is 79.9. The third kappa shape index (κ3) is 5.48. The number of hydrogen-bond donors (Lipinski definition) is 2. The van der Waals surface area contributed by atoms with E-state index in [1.165, 1.54) is 24.3 Å². The van der Waals surface area contributed by atoms with E-state index in [-0.39, 0.29) is 28.3 Å². The van der Waals surface area contributed by atoms with Crippen LogP contribution in [0.25, 0.3) is 0 Å². The van der Waals surface area contributed by atoms with Crippen molar-refractivity contribution in [3.63, 3.8) is 0 Å². The first-order chi connectivity index (χ1) is 15.1. The predicted molar refractivity (Wildman–Crippen MR) is 123 cm³/mol. The molecule has 3 rings (SSSR count). The fraction of sp³-hybridized carbons (Fsp3) is 0.250. The van der Waals surface area contributed by atoms with Crippen LogP contribution in [-0.2, 0) is 30.8 Å². The van der Waals surface area contributed by atoms with Crippen LogP contribution in [0.5, 0.6) is 0 Å². The van der Waals surface area contributed by atoms with Crippen LogP contribution in [0, 0.1) is 11.2 Å². The van der Waals surface area contributed by atoms with Gasteiger partial charge in [0, 0.05) is 4.47 Å². The molecule has 0 aliphatic carbocycles. The molecule has 2 aromatic carbocycles. The largest absolute Gasteiger partial charge is 0.465 e. The van der Waals surface area contributed by atoms with Crippen molar-refractivity contribution in [2.24, 2.45) is 0 Å². The molecule has 1 aliphatic heterocycles. The van der Waals surface area contributed by atoms with Gasteiger partial charge in [-0.1, -0.05) is 39.8 Å². The smallest absolute Gasteiger partial charge is 0.326 e. The summed E-state index contributed by atoms with van der Waals surface area (Å²) in [7, 11) is -4.31. The monoisotopic (exact) mass is 543 g/mol. The number of carbonyl (C=O) groups excluding carboxylic acids is 2. The van der Waals surface area contributed by atoms with Gasteiger partial charge >= 0.3 is 5.97 Å². The van der Waals surface area contributed by atoms with Gasteiger partial charge in [-0.25, -0.2) is 12.8 Å². The number of hydrogen-bond acceptors (Lipinski definition) is 7. The minimum Gasteiger partial charge on any atom is -0.465 e. The Morgan fingerprint density at radius 1 is 1.28 bits per heavy atom. The molecule has 0 spiro atoms. The van der Waals surface area contributed by atoms with E-state index in [0.717, 1.165) is 17.8 Å². The van der Waals surface area contributed by atoms with E-state index in [4.69, 9.17) is 10.1 Å². The number of thioether (sulfide) groups is 1. The van der Waals surface area contributed by atoms with Gasteiger partial charge in [-0.2, -0.15) is 0 Å². The maximum atomic E-state index is 14.6. The second-order valence-electron chi connectivity index (χ2n) is 6.69. The second-order valence-corrected chi connectivity index (χ2v) is 10.7. The molecule has 0 saturated carbocycles. The van der Waals surface area contributed by atoms with Crippen LogP contribution in [0.3, 0.4) is 0 Å². The average molecular weight is 544 g/mol. The van der Waals surface area contributed by atoms with Gasteiger partial charge in [0.15, 0.2) is 5.17 Å². The van der Waals surface area contributed by atoms with Crippen molar-refractivity contribution in [3.8, 4) is 0 Å². The van der Waals surface area contributed by atoms with E-state index in [1.807, 2.05) is 0 Å². The molecule has 1 heterocycles. The highest BCUT2D eigenvalue weighted by molar-refractivity contribution is 9.10. The maximum Gasteiger partial charge on any atom is 0.326 e. The fourth-order valence-corrected chi connectivity index (χ4v) is 5.63. The van der Waals surface area contributed by atoms with Crippen LogP contribution >= 0.6 is 27.7 Å². The Labute approximate surface area is 197 Å². The molecule has 1 aliphatic rings. The number of amides is 1. The lowest BCUT2D eigenvalue weighted by Crippen LogP contribution is -2.37. The summed E-state index contributed by atoms with van der Waals surface area (Å²) in [6, 6.07) is 9.59. The Bertz CT molecular complexity index is 1160. The van der Waals surface area contributed by atoms with Crippen LogP contribution in [0.2, 0.25) is 0 Å². The zero-order chi connectivity index (χ0) is 23.5. The van der Waals surface area contributed by atoms with E-state index in [9.17, 15) is 22.4 Å². The zero-order valence-corrected chi connectivity index (χ0v) is 20.0. The predicted octanol–water partition coefficient (Wildman–Crippen LogP) is 3.06. The van der Waals surface area contributed by atoms with Gasteiger partial charge in [0.05, 0.1) is 22.4 Å². The number of anilines is 1. The number of ether oxygens (including phenoxy) is 1. The number of esters is 1. The molecule has 1 saturated heterocycles. The van der Waals surface area contributed by atoms with Crippen molar-refractivity contribution >= 4 is 60.4 Å². The summed E-state index contributed by atoms with van der Waals surface area (Å²) in [6.45, 7) is 0.936. The third-order valence-electron chi connectivity index (χ3n) is 4.48. The summed E-state index contributed by atoms with van der Waals surface area (Å²) in [6.07, 6.45) is 0.313. The number of nitrogens with one attached hydrogen (secondary N) is 2. The third-order valence-corrected chi connectivity index (χ3v) is 7.75. The number of rotatable bonds is 8. The molecule has 1 unspecified atom stereocenters. The fourth-order valence-electron chi connectivity index (χ4n) is 3.00. The highest BCUT2D eigenvalue weighted by Gasteiger charge is 2.31. The number of carbonyl (C=O) groups is 2. The first kappa shape index (κ1) is 24.2. The van der Waals surface area contributed by atoms with Gasteiger partial charge in [0.25, 0.3) is 10.0 Å². The molecule has 32 heavy (non-hydrogen) atoms. The average Bonchev–Trinajstić information content (AvgIpc) is 3.04. The Morgan fingerprint density at radius 2 is 1.97 bits per heavy atom. The van der Waals surface area contributed by atoms with Gasteiger partial charge in [-0.3, -0.25) is 19.3 Å². The Balaban J connectivity index is 1.90. The van der Waals surface area contributed by atoms with Gasteiger partial charge < -0.3 is 10.1 Å². The lowest BCUT2D eigenvalue weighted by molar-refractivity contribution is -0.141. The molecule has 0 aromatic heterocycles. The molecule has 170 valence electrons. The Hall–Kier alpha value is -2.44. The van der Waals surface area contributed by atoms with Gasteiger partial charge in [-0.15, -0.1) is 0 Å². The van der Waals surface area contributed by atoms with Gasteiger partial charge in [0.2, 0.25) is 5.91 Å². The number of nitrogens with zero attached hydrogens (tertiary/aromatic N) is 1. The Morgan fingerprint density at radius 3 is 2.53 bits per heavy atom. The minimum absolute atomic E-state index is 0.0501. The van der Waals surface area contributed by atoms with E-state index >= 15 is 0 Å². The normalized spacial score (nSPS) is 16.0. The lowest BCUT2D eigenvalue weighted by atomic mass is 10.1. The summed E-state index contributed by atoms with van der Waals surface area (Å²) in [5.74, 6) is -1.92. The van der Waals surface area contributed by atoms with Crippen LogP contribution in [0.4, 0.5) is 10.1 Å². The molecule has 12 heteroatoms. The quantitative estimate of drug-likeness (QED) is 0.494. The number of halogens is 2. The van der Waals surface area contributed by atoms with E-state index in [2.05, 4.69) is 21.2 Å². The summed E-state index contributed by atoms with van der Waals surface area (Å²) >= 11 is 4.22.